The lowest BCUT2D eigenvalue weighted by molar-refractivity contribution is 0.561. The molecule has 2 aromatic rings. The zero-order chi connectivity index (χ0) is 28.1. The molecular weight excluding hydrogens is 561 g/mol. The second-order valence-corrected chi connectivity index (χ2v) is 17.2. The summed E-state index contributed by atoms with van der Waals surface area (Å²) in [7, 11) is 0. The van der Waals surface area contributed by atoms with Gasteiger partial charge in [-0.15, -0.1) is 47.0 Å². The van der Waals surface area contributed by atoms with E-state index in [-0.39, 0.29) is 0 Å². The van der Waals surface area contributed by atoms with Crippen molar-refractivity contribution in [3.63, 3.8) is 0 Å². The van der Waals surface area contributed by atoms with Crippen molar-refractivity contribution >= 4 is 47.0 Å². The molecule has 0 aliphatic carbocycles. The molecule has 1 aliphatic heterocycles. The van der Waals surface area contributed by atoms with Crippen LogP contribution in [0.15, 0.2) is 68.1 Å². The Morgan fingerprint density at radius 3 is 0.975 bits per heavy atom. The smallest absolute Gasteiger partial charge is 0.0596 e. The molecule has 0 saturated carbocycles. The van der Waals surface area contributed by atoms with Gasteiger partial charge in [0.1, 0.15) is 0 Å². The Morgan fingerprint density at radius 1 is 0.400 bits per heavy atom. The molecule has 0 amide bonds. The lowest BCUT2D eigenvalue weighted by Crippen LogP contribution is -2.00. The molecule has 3 rings (SSSR count). The lowest BCUT2D eigenvalue weighted by atomic mass is 10.1. The second kappa shape index (κ2) is 22.4. The van der Waals surface area contributed by atoms with Crippen LogP contribution >= 0.6 is 47.0 Å². The van der Waals surface area contributed by atoms with Crippen LogP contribution in [0.25, 0.3) is 0 Å². The topological polar surface area (TPSA) is 0 Å². The van der Waals surface area contributed by atoms with Crippen molar-refractivity contribution in [2.24, 2.45) is 0 Å². The second-order valence-electron chi connectivity index (χ2n) is 11.5. The quantitative estimate of drug-likeness (QED) is 0.136. The van der Waals surface area contributed by atoms with E-state index in [2.05, 4.69) is 109 Å². The summed E-state index contributed by atoms with van der Waals surface area (Å²) >= 11 is 8.39. The standard InChI is InChI=1S/C36H56S4/c1-3-5-7-9-11-13-15-17-19-27-35-37-31-23-21-25-33(29-31)39-36(40-34-26-22-24-32(30-34)38-35)28-20-18-16-14-12-10-8-6-4-2/h21-26,29-30,35-36H,3-20,27-28H2,1-2H3. The van der Waals surface area contributed by atoms with E-state index in [1.54, 1.807) is 0 Å². The molecule has 0 radical (unpaired) electrons. The molecule has 40 heavy (non-hydrogen) atoms. The Labute approximate surface area is 265 Å². The Bertz CT molecular complexity index is 782. The van der Waals surface area contributed by atoms with E-state index in [9.17, 15) is 0 Å². The number of unbranched alkanes of at least 4 members (excludes halogenated alkanes) is 16. The van der Waals surface area contributed by atoms with Crippen LogP contribution in [0.3, 0.4) is 0 Å². The predicted molar refractivity (Wildman–Crippen MR) is 188 cm³/mol. The SMILES string of the molecule is CCCCCCCCCCCC1Sc2cccc(c2)SC(CCCCCCCCCCC)Sc2cccc(c2)S1. The molecule has 0 atom stereocenters. The van der Waals surface area contributed by atoms with Crippen molar-refractivity contribution in [2.75, 3.05) is 0 Å². The van der Waals surface area contributed by atoms with Crippen LogP contribution in [0.4, 0.5) is 0 Å². The molecule has 2 aromatic carbocycles. The van der Waals surface area contributed by atoms with E-state index in [1.807, 2.05) is 0 Å². The lowest BCUT2D eigenvalue weighted by Gasteiger charge is -2.21. The zero-order valence-corrected chi connectivity index (χ0v) is 28.8. The van der Waals surface area contributed by atoms with Gasteiger partial charge in [0, 0.05) is 19.6 Å². The van der Waals surface area contributed by atoms with Crippen LogP contribution in [0, 0.1) is 0 Å². The minimum Gasteiger partial charge on any atom is -0.111 e. The molecule has 0 unspecified atom stereocenters. The number of benzene rings is 2. The molecule has 224 valence electrons. The van der Waals surface area contributed by atoms with Gasteiger partial charge >= 0.3 is 0 Å². The first-order valence-electron chi connectivity index (χ1n) is 16.6. The molecule has 1 aliphatic rings. The minimum absolute atomic E-state index is 0.585. The first kappa shape index (κ1) is 34.3. The summed E-state index contributed by atoms with van der Waals surface area (Å²) in [6.07, 6.45) is 27.8. The third-order valence-electron chi connectivity index (χ3n) is 7.77. The molecule has 1 heterocycles. The third kappa shape index (κ3) is 15.4. The monoisotopic (exact) mass is 616 g/mol. The number of hydrogen-bond donors (Lipinski definition) is 0. The summed E-state index contributed by atoms with van der Waals surface area (Å²) in [5.74, 6) is 0. The predicted octanol–water partition coefficient (Wildman–Crippen LogP) is 14.3. The van der Waals surface area contributed by atoms with Crippen molar-refractivity contribution in [1.82, 2.24) is 0 Å². The van der Waals surface area contributed by atoms with Gasteiger partial charge in [-0.25, -0.2) is 0 Å². The Morgan fingerprint density at radius 2 is 0.675 bits per heavy atom. The summed E-state index contributed by atoms with van der Waals surface area (Å²) in [6.45, 7) is 4.61. The van der Waals surface area contributed by atoms with Crippen LogP contribution < -0.4 is 0 Å². The normalized spacial score (nSPS) is 17.4. The van der Waals surface area contributed by atoms with Gasteiger partial charge < -0.3 is 0 Å². The highest BCUT2D eigenvalue weighted by Gasteiger charge is 2.18. The summed E-state index contributed by atoms with van der Waals surface area (Å²) < 4.78 is 1.17. The largest absolute Gasteiger partial charge is 0.111 e. The molecule has 4 heteroatoms. The Kier molecular flexibility index (Phi) is 19.2. The van der Waals surface area contributed by atoms with Crippen molar-refractivity contribution in [1.29, 1.82) is 0 Å². The summed E-state index contributed by atoms with van der Waals surface area (Å²) in [5.41, 5.74) is 0. The first-order valence-corrected chi connectivity index (χ1v) is 20.2. The van der Waals surface area contributed by atoms with E-state index < -0.39 is 0 Å². The maximum atomic E-state index is 2.47. The maximum Gasteiger partial charge on any atom is 0.0596 e. The Hall–Kier alpha value is -0.160. The number of fused-ring (bicyclic) bond motifs is 4. The molecule has 4 bridgehead atoms. The zero-order valence-electron chi connectivity index (χ0n) is 25.5. The summed E-state index contributed by atoms with van der Waals surface area (Å²) in [6, 6.07) is 18.9. The summed E-state index contributed by atoms with van der Waals surface area (Å²) in [4.78, 5) is 5.79. The van der Waals surface area contributed by atoms with Gasteiger partial charge in [-0.2, -0.15) is 0 Å². The average molecular weight is 617 g/mol. The van der Waals surface area contributed by atoms with Gasteiger partial charge in [0.2, 0.25) is 0 Å². The van der Waals surface area contributed by atoms with Crippen LogP contribution in [0.5, 0.6) is 0 Å². The van der Waals surface area contributed by atoms with Crippen molar-refractivity contribution in [2.45, 2.75) is 171 Å². The number of thioether (sulfide) groups is 4. The fourth-order valence-corrected chi connectivity index (χ4v) is 11.0. The number of hydrogen-bond acceptors (Lipinski definition) is 4. The first-order chi connectivity index (χ1) is 19.8. The van der Waals surface area contributed by atoms with E-state index >= 15 is 0 Å². The minimum atomic E-state index is 0.585. The number of rotatable bonds is 20. The van der Waals surface area contributed by atoms with E-state index in [1.165, 1.54) is 148 Å². The van der Waals surface area contributed by atoms with Crippen molar-refractivity contribution < 1.29 is 0 Å². The van der Waals surface area contributed by atoms with Crippen LogP contribution in [-0.4, -0.2) is 9.16 Å². The molecule has 0 fully saturated rings. The molecular formula is C36H56S4. The van der Waals surface area contributed by atoms with Gasteiger partial charge in [-0.05, 0) is 49.2 Å². The molecule has 0 spiro atoms. The fraction of sp³-hybridized carbons (Fsp3) is 0.667. The van der Waals surface area contributed by atoms with Crippen molar-refractivity contribution in [3.8, 4) is 0 Å². The average Bonchev–Trinajstić information content (AvgIpc) is 2.95. The molecule has 0 N–H and O–H groups in total. The van der Waals surface area contributed by atoms with Crippen LogP contribution in [-0.2, 0) is 0 Å². The molecule has 0 aromatic heterocycles. The summed E-state index contributed by atoms with van der Waals surface area (Å²) in [5, 5.41) is 0. The molecule has 0 nitrogen and oxygen atoms in total. The van der Waals surface area contributed by atoms with Gasteiger partial charge in [0.15, 0.2) is 0 Å². The van der Waals surface area contributed by atoms with Crippen molar-refractivity contribution in [3.05, 3.63) is 48.5 Å². The van der Waals surface area contributed by atoms with E-state index in [4.69, 9.17) is 0 Å². The van der Waals surface area contributed by atoms with Gasteiger partial charge in [-0.1, -0.05) is 142 Å². The highest BCUT2D eigenvalue weighted by molar-refractivity contribution is 8.17. The van der Waals surface area contributed by atoms with Gasteiger partial charge in [0.25, 0.3) is 0 Å². The van der Waals surface area contributed by atoms with E-state index in [0.717, 1.165) is 0 Å². The van der Waals surface area contributed by atoms with Gasteiger partial charge in [-0.3, -0.25) is 0 Å². The Balaban J connectivity index is 1.49. The maximum absolute atomic E-state index is 2.47. The molecule has 0 saturated heterocycles. The van der Waals surface area contributed by atoms with Gasteiger partial charge in [0.05, 0.1) is 9.16 Å². The highest BCUT2D eigenvalue weighted by atomic mass is 32.2. The van der Waals surface area contributed by atoms with Crippen LogP contribution in [0.2, 0.25) is 0 Å². The fourth-order valence-electron chi connectivity index (χ4n) is 5.38. The highest BCUT2D eigenvalue weighted by Crippen LogP contribution is 2.45. The van der Waals surface area contributed by atoms with E-state index in [0.29, 0.717) is 9.16 Å². The van der Waals surface area contributed by atoms with Crippen LogP contribution in [0.1, 0.15) is 142 Å². The third-order valence-corrected chi connectivity index (χ3v) is 13.0.